The highest BCUT2D eigenvalue weighted by Gasteiger charge is 2.25. The van der Waals surface area contributed by atoms with Gasteiger partial charge in [-0.2, -0.15) is 11.8 Å². The molecule has 5 heteroatoms. The van der Waals surface area contributed by atoms with Crippen molar-refractivity contribution in [1.82, 2.24) is 5.32 Å². The van der Waals surface area contributed by atoms with E-state index in [2.05, 4.69) is 5.32 Å². The van der Waals surface area contributed by atoms with Gasteiger partial charge in [0.2, 0.25) is 5.91 Å². The molecule has 0 bridgehead atoms. The van der Waals surface area contributed by atoms with Crippen LogP contribution in [-0.4, -0.2) is 41.7 Å². The molecule has 0 saturated heterocycles. The van der Waals surface area contributed by atoms with Crippen LogP contribution in [0.2, 0.25) is 0 Å². The zero-order valence-electron chi connectivity index (χ0n) is 9.82. The van der Waals surface area contributed by atoms with Gasteiger partial charge in [-0.1, -0.05) is 6.42 Å². The van der Waals surface area contributed by atoms with Gasteiger partial charge in [0.1, 0.15) is 0 Å². The topological polar surface area (TPSA) is 75.4 Å². The van der Waals surface area contributed by atoms with Crippen LogP contribution in [0.25, 0.3) is 0 Å². The van der Waals surface area contributed by atoms with Gasteiger partial charge in [-0.15, -0.1) is 0 Å². The summed E-state index contributed by atoms with van der Waals surface area (Å²) in [5, 5.41) is 12.4. The minimum absolute atomic E-state index is 0.0897. The van der Waals surface area contributed by atoms with Crippen LogP contribution in [0.5, 0.6) is 0 Å². The van der Waals surface area contributed by atoms with Crippen LogP contribution < -0.4 is 11.1 Å². The van der Waals surface area contributed by atoms with E-state index in [0.29, 0.717) is 13.0 Å². The SMILES string of the molecule is CSCC[C@H](N)C(=O)NCC1CCCC1O. The Morgan fingerprint density at radius 2 is 2.38 bits per heavy atom. The van der Waals surface area contributed by atoms with E-state index in [1.54, 1.807) is 11.8 Å². The average Bonchev–Trinajstić information content (AvgIpc) is 2.68. The van der Waals surface area contributed by atoms with Gasteiger partial charge in [0.25, 0.3) is 0 Å². The van der Waals surface area contributed by atoms with Crippen molar-refractivity contribution in [1.29, 1.82) is 0 Å². The first-order chi connectivity index (χ1) is 7.65. The van der Waals surface area contributed by atoms with E-state index in [1.165, 1.54) is 0 Å². The summed E-state index contributed by atoms with van der Waals surface area (Å²) in [4.78, 5) is 11.6. The Morgan fingerprint density at radius 3 is 2.94 bits per heavy atom. The molecule has 4 N–H and O–H groups in total. The van der Waals surface area contributed by atoms with Gasteiger partial charge in [-0.3, -0.25) is 4.79 Å². The van der Waals surface area contributed by atoms with E-state index < -0.39 is 6.04 Å². The lowest BCUT2D eigenvalue weighted by atomic mass is 10.1. The highest BCUT2D eigenvalue weighted by molar-refractivity contribution is 7.98. The summed E-state index contributed by atoms with van der Waals surface area (Å²) in [5.74, 6) is 1.03. The van der Waals surface area contributed by atoms with E-state index >= 15 is 0 Å². The summed E-state index contributed by atoms with van der Waals surface area (Å²) in [7, 11) is 0. The van der Waals surface area contributed by atoms with Crippen molar-refractivity contribution >= 4 is 17.7 Å². The number of rotatable bonds is 6. The zero-order valence-corrected chi connectivity index (χ0v) is 10.6. The van der Waals surface area contributed by atoms with Crippen LogP contribution in [0, 0.1) is 5.92 Å². The van der Waals surface area contributed by atoms with Gasteiger partial charge < -0.3 is 16.2 Å². The molecule has 1 aliphatic rings. The lowest BCUT2D eigenvalue weighted by Gasteiger charge is -2.17. The lowest BCUT2D eigenvalue weighted by molar-refractivity contribution is -0.122. The van der Waals surface area contributed by atoms with Crippen LogP contribution in [0.1, 0.15) is 25.7 Å². The van der Waals surface area contributed by atoms with Crippen LogP contribution >= 0.6 is 11.8 Å². The molecule has 1 fully saturated rings. The number of hydrogen-bond donors (Lipinski definition) is 3. The number of carbonyl (C=O) groups excluding carboxylic acids is 1. The van der Waals surface area contributed by atoms with Gasteiger partial charge in [-0.05, 0) is 31.3 Å². The number of nitrogens with one attached hydrogen (secondary N) is 1. The first kappa shape index (κ1) is 13.8. The Hall–Kier alpha value is -0.260. The number of thioether (sulfide) groups is 1. The smallest absolute Gasteiger partial charge is 0.236 e. The van der Waals surface area contributed by atoms with E-state index in [1.807, 2.05) is 6.26 Å². The average molecular weight is 246 g/mol. The quantitative estimate of drug-likeness (QED) is 0.632. The van der Waals surface area contributed by atoms with Gasteiger partial charge in [0.05, 0.1) is 12.1 Å². The normalized spacial score (nSPS) is 26.7. The molecule has 0 heterocycles. The summed E-state index contributed by atoms with van der Waals surface area (Å²) >= 11 is 1.69. The van der Waals surface area contributed by atoms with Crippen molar-refractivity contribution in [2.24, 2.45) is 11.7 Å². The third kappa shape index (κ3) is 4.31. The number of carbonyl (C=O) groups is 1. The molecule has 0 aromatic rings. The molecule has 16 heavy (non-hydrogen) atoms. The maximum Gasteiger partial charge on any atom is 0.236 e. The molecule has 0 aromatic carbocycles. The van der Waals surface area contributed by atoms with E-state index in [0.717, 1.165) is 25.0 Å². The van der Waals surface area contributed by atoms with Crippen molar-refractivity contribution in [2.45, 2.75) is 37.8 Å². The van der Waals surface area contributed by atoms with Gasteiger partial charge in [0, 0.05) is 12.5 Å². The summed E-state index contributed by atoms with van der Waals surface area (Å²) in [6.45, 7) is 0.562. The first-order valence-corrected chi connectivity index (χ1v) is 7.24. The van der Waals surface area contributed by atoms with Crippen LogP contribution in [-0.2, 0) is 4.79 Å². The molecule has 2 unspecified atom stereocenters. The summed E-state index contributed by atoms with van der Waals surface area (Å²) < 4.78 is 0. The molecule has 0 radical (unpaired) electrons. The summed E-state index contributed by atoms with van der Waals surface area (Å²) in [6, 6.07) is -0.411. The van der Waals surface area contributed by atoms with Crippen molar-refractivity contribution in [3.63, 3.8) is 0 Å². The molecule has 3 atom stereocenters. The zero-order chi connectivity index (χ0) is 12.0. The second-order valence-electron chi connectivity index (χ2n) is 4.39. The van der Waals surface area contributed by atoms with E-state index in [4.69, 9.17) is 5.73 Å². The molecule has 1 amide bonds. The fourth-order valence-corrected chi connectivity index (χ4v) is 2.48. The fourth-order valence-electron chi connectivity index (χ4n) is 1.99. The molecule has 0 spiro atoms. The maximum atomic E-state index is 11.6. The molecular formula is C11H22N2O2S. The molecule has 4 nitrogen and oxygen atoms in total. The van der Waals surface area contributed by atoms with Crippen molar-refractivity contribution in [3.8, 4) is 0 Å². The lowest BCUT2D eigenvalue weighted by Crippen LogP contribution is -2.43. The number of hydrogen-bond acceptors (Lipinski definition) is 4. The number of amides is 1. The largest absolute Gasteiger partial charge is 0.393 e. The minimum atomic E-state index is -0.411. The van der Waals surface area contributed by atoms with Gasteiger partial charge >= 0.3 is 0 Å². The number of aliphatic hydroxyl groups excluding tert-OH is 1. The predicted octanol–water partition coefficient (Wildman–Crippen LogP) is 0.344. The van der Waals surface area contributed by atoms with E-state index in [-0.39, 0.29) is 17.9 Å². The second kappa shape index (κ2) is 7.14. The van der Waals surface area contributed by atoms with Crippen LogP contribution in [0.3, 0.4) is 0 Å². The van der Waals surface area contributed by atoms with Gasteiger partial charge in [0.15, 0.2) is 0 Å². The highest BCUT2D eigenvalue weighted by atomic mass is 32.2. The molecule has 1 aliphatic carbocycles. The Bertz CT molecular complexity index is 226. The molecule has 94 valence electrons. The van der Waals surface area contributed by atoms with Crippen LogP contribution in [0.4, 0.5) is 0 Å². The molecule has 0 aliphatic heterocycles. The minimum Gasteiger partial charge on any atom is -0.393 e. The fraction of sp³-hybridized carbons (Fsp3) is 0.909. The van der Waals surface area contributed by atoms with E-state index in [9.17, 15) is 9.90 Å². The molecule has 1 rings (SSSR count). The number of aliphatic hydroxyl groups is 1. The van der Waals surface area contributed by atoms with Crippen molar-refractivity contribution in [2.75, 3.05) is 18.6 Å². The predicted molar refractivity (Wildman–Crippen MR) is 67.3 cm³/mol. The molecule has 1 saturated carbocycles. The molecule has 0 aromatic heterocycles. The summed E-state index contributed by atoms with van der Waals surface area (Å²) in [5.41, 5.74) is 5.73. The first-order valence-electron chi connectivity index (χ1n) is 5.85. The Labute approximate surface area is 101 Å². The summed E-state index contributed by atoms with van der Waals surface area (Å²) in [6.07, 6.45) is 5.38. The third-order valence-corrected chi connectivity index (χ3v) is 3.77. The Morgan fingerprint density at radius 1 is 1.62 bits per heavy atom. The standard InChI is InChI=1S/C11H22N2O2S/c1-16-6-5-9(12)11(15)13-7-8-3-2-4-10(8)14/h8-10,14H,2-7,12H2,1H3,(H,13,15)/t8?,9-,10?/m0/s1. The Kier molecular flexibility index (Phi) is 6.16. The Balaban J connectivity index is 2.18. The highest BCUT2D eigenvalue weighted by Crippen LogP contribution is 2.24. The monoisotopic (exact) mass is 246 g/mol. The third-order valence-electron chi connectivity index (χ3n) is 3.13. The number of nitrogens with two attached hydrogens (primary N) is 1. The molecular weight excluding hydrogens is 224 g/mol. The van der Waals surface area contributed by atoms with Crippen LogP contribution in [0.15, 0.2) is 0 Å². The van der Waals surface area contributed by atoms with Crippen molar-refractivity contribution < 1.29 is 9.90 Å². The maximum absolute atomic E-state index is 11.6. The van der Waals surface area contributed by atoms with Gasteiger partial charge in [-0.25, -0.2) is 0 Å². The van der Waals surface area contributed by atoms with Crippen molar-refractivity contribution in [3.05, 3.63) is 0 Å². The second-order valence-corrected chi connectivity index (χ2v) is 5.38.